The largest absolute Gasteiger partial charge is 0.457 e. The van der Waals surface area contributed by atoms with E-state index < -0.39 is 104 Å². The molecule has 0 bridgehead atoms. The monoisotopic (exact) mass is 729 g/mol. The van der Waals surface area contributed by atoms with Gasteiger partial charge in [-0.1, -0.05) is 22.0 Å². The lowest BCUT2D eigenvalue weighted by molar-refractivity contribution is -0.389. The molecule has 3 rings (SSSR count). The van der Waals surface area contributed by atoms with Gasteiger partial charge in [0, 0.05) is 29.1 Å². The maximum atomic E-state index is 15.4. The van der Waals surface area contributed by atoms with E-state index in [0.717, 1.165) is 49.5 Å². The molecular weight excluding hydrogens is 716 g/mol. The van der Waals surface area contributed by atoms with Gasteiger partial charge in [0.2, 0.25) is 0 Å². The van der Waals surface area contributed by atoms with E-state index in [2.05, 4.69) is 15.9 Å². The topological polar surface area (TPSA) is 37.4 Å². The van der Waals surface area contributed by atoms with Crippen LogP contribution < -0.4 is 4.90 Å². The van der Waals surface area contributed by atoms with Crippen molar-refractivity contribution < 1.29 is 71.1 Å². The van der Waals surface area contributed by atoms with Gasteiger partial charge >= 0.3 is 30.1 Å². The molecule has 0 heterocycles. The summed E-state index contributed by atoms with van der Waals surface area (Å²) in [5, 5.41) is 0. The summed E-state index contributed by atoms with van der Waals surface area (Å²) in [6, 6.07) is 5.23. The summed E-state index contributed by atoms with van der Waals surface area (Å²) in [6.45, 7) is 0. The van der Waals surface area contributed by atoms with Crippen molar-refractivity contribution in [3.05, 3.63) is 98.5 Å². The maximum Gasteiger partial charge on any atom is 0.457 e. The average Bonchev–Trinajstić information content (AvgIpc) is 2.91. The molecule has 3 aromatic carbocycles. The summed E-state index contributed by atoms with van der Waals surface area (Å²) >= 11 is 2.29. The van der Waals surface area contributed by atoms with Crippen molar-refractivity contribution in [1.29, 1.82) is 0 Å². The molecule has 0 radical (unpaired) electrons. The highest BCUT2D eigenvalue weighted by Gasteiger charge is 2.82. The highest BCUT2D eigenvalue weighted by atomic mass is 79.9. The molecule has 0 aliphatic carbocycles. The van der Waals surface area contributed by atoms with Crippen LogP contribution in [0.1, 0.15) is 37.4 Å². The Morgan fingerprint density at radius 1 is 0.778 bits per heavy atom. The molecule has 0 saturated carbocycles. The van der Waals surface area contributed by atoms with E-state index in [1.165, 1.54) is 0 Å². The number of ketones is 1. The second kappa shape index (κ2) is 11.9. The van der Waals surface area contributed by atoms with Crippen molar-refractivity contribution >= 4 is 33.3 Å². The number of anilines is 1. The molecule has 3 nitrogen and oxygen atoms in total. The Morgan fingerprint density at radius 3 is 1.82 bits per heavy atom. The smallest absolute Gasteiger partial charge is 0.309 e. The van der Waals surface area contributed by atoms with Crippen molar-refractivity contribution in [3.8, 4) is 0 Å². The molecule has 0 aliphatic rings. The number of halogens is 15. The van der Waals surface area contributed by atoms with Gasteiger partial charge in [-0.2, -0.15) is 48.3 Å². The van der Waals surface area contributed by atoms with Gasteiger partial charge in [0.1, 0.15) is 5.82 Å². The van der Waals surface area contributed by atoms with Gasteiger partial charge < -0.3 is 4.90 Å². The van der Waals surface area contributed by atoms with Crippen LogP contribution in [-0.4, -0.2) is 37.0 Å². The zero-order valence-electron chi connectivity index (χ0n) is 21.8. The zero-order valence-corrected chi connectivity index (χ0v) is 23.4. The second-order valence-corrected chi connectivity index (χ2v) is 10.2. The van der Waals surface area contributed by atoms with Crippen LogP contribution in [0.15, 0.2) is 59.1 Å². The third-order valence-corrected chi connectivity index (χ3v) is 7.16. The molecule has 45 heavy (non-hydrogen) atoms. The lowest BCUT2D eigenvalue weighted by atomic mass is 9.85. The molecule has 0 saturated heterocycles. The van der Waals surface area contributed by atoms with E-state index in [4.69, 9.17) is 0 Å². The summed E-state index contributed by atoms with van der Waals surface area (Å²) in [5.41, 5.74) is -15.0. The number of hydrogen-bond donors (Lipinski definition) is 0. The minimum absolute atomic E-state index is 0.146. The molecule has 0 fully saturated rings. The molecule has 0 aromatic heterocycles. The fourth-order valence-electron chi connectivity index (χ4n) is 4.13. The lowest BCUT2D eigenvalue weighted by Gasteiger charge is -2.36. The fourth-order valence-corrected chi connectivity index (χ4v) is 4.73. The molecule has 1 atom stereocenters. The van der Waals surface area contributed by atoms with Crippen LogP contribution in [0.5, 0.6) is 0 Å². The van der Waals surface area contributed by atoms with Gasteiger partial charge in [-0.05, 0) is 54.1 Å². The Balaban J connectivity index is 2.12. The number of benzene rings is 3. The molecule has 18 heteroatoms. The van der Waals surface area contributed by atoms with E-state index in [-0.39, 0.29) is 5.56 Å². The summed E-state index contributed by atoms with van der Waals surface area (Å²) in [6.07, 6.45) is -21.7. The third-order valence-electron chi connectivity index (χ3n) is 6.45. The van der Waals surface area contributed by atoms with Crippen LogP contribution in [-0.2, 0) is 18.3 Å². The third kappa shape index (κ3) is 6.51. The molecule has 244 valence electrons. The number of carbonyl (C=O) groups is 2. The molecule has 1 unspecified atom stereocenters. The number of Topliss-reactive ketones (excluding diaryl/α,β-unsaturated/α-hetero) is 1. The number of alkyl halides is 12. The van der Waals surface area contributed by atoms with Crippen molar-refractivity contribution in [3.63, 3.8) is 0 Å². The van der Waals surface area contributed by atoms with Gasteiger partial charge in [0.15, 0.2) is 11.6 Å². The SMILES string of the molecule is CN(C(=O)c1ccc(F)cc1)c1cccc(C(=O)Cc2c(Br)cc(C(F)(C(F)(F)F)C(F)(F)C(F)(F)F)cc2C(F)(F)F)c1F. The summed E-state index contributed by atoms with van der Waals surface area (Å²) < 4.78 is 191. The van der Waals surface area contributed by atoms with Crippen molar-refractivity contribution in [2.24, 2.45) is 0 Å². The minimum atomic E-state index is -7.28. The number of carbonyl (C=O) groups excluding carboxylic acids is 2. The lowest BCUT2D eigenvalue weighted by Crippen LogP contribution is -2.59. The van der Waals surface area contributed by atoms with Crippen LogP contribution in [0.25, 0.3) is 0 Å². The molecule has 0 spiro atoms. The molecule has 0 aliphatic heterocycles. The first-order chi connectivity index (χ1) is 20.4. The van der Waals surface area contributed by atoms with Crippen LogP contribution in [0.2, 0.25) is 0 Å². The van der Waals surface area contributed by atoms with Crippen molar-refractivity contribution in [2.45, 2.75) is 36.5 Å². The second-order valence-electron chi connectivity index (χ2n) is 9.32. The fraction of sp³-hybridized carbons (Fsp3) is 0.259. The summed E-state index contributed by atoms with van der Waals surface area (Å²) in [7, 11) is 1.02. The summed E-state index contributed by atoms with van der Waals surface area (Å²) in [5.74, 6) is -11.9. The predicted octanol–water partition coefficient (Wildman–Crippen LogP) is 9.37. The van der Waals surface area contributed by atoms with Crippen LogP contribution >= 0.6 is 15.9 Å². The van der Waals surface area contributed by atoms with E-state index >= 15 is 4.39 Å². The zero-order chi connectivity index (χ0) is 34.5. The first-order valence-electron chi connectivity index (χ1n) is 11.8. The minimum Gasteiger partial charge on any atom is -0.309 e. The maximum absolute atomic E-state index is 15.4. The van der Waals surface area contributed by atoms with Crippen molar-refractivity contribution in [2.75, 3.05) is 11.9 Å². The molecule has 1 amide bonds. The highest BCUT2D eigenvalue weighted by Crippen LogP contribution is 2.59. The Hall–Kier alpha value is -3.70. The molecule has 3 aromatic rings. The average molecular weight is 730 g/mol. The number of nitrogens with zero attached hydrogens (tertiary/aromatic N) is 1. The Kier molecular flexibility index (Phi) is 9.47. The number of rotatable bonds is 7. The number of hydrogen-bond acceptors (Lipinski definition) is 2. The normalized spacial score (nSPS) is 14.2. The first kappa shape index (κ1) is 35.8. The standard InChI is InChI=1S/C27H14BrF14NO2/c1-43(22(45)12-5-7-14(29)8-6-12)19-4-2-3-15(21(19)30)20(44)11-16-17(24(32,33)34)9-13(10-18(16)28)23(31,26(37,38)39)25(35,36)27(40,41)42/h2-10H,11H2,1H3. The van der Waals surface area contributed by atoms with E-state index in [1.807, 2.05) is 0 Å². The van der Waals surface area contributed by atoms with Crippen LogP contribution in [0.3, 0.4) is 0 Å². The van der Waals surface area contributed by atoms with Crippen LogP contribution in [0.4, 0.5) is 67.2 Å². The number of amides is 1. The van der Waals surface area contributed by atoms with Gasteiger partial charge in [-0.15, -0.1) is 0 Å². The quantitative estimate of drug-likeness (QED) is 0.180. The van der Waals surface area contributed by atoms with E-state index in [9.17, 15) is 66.7 Å². The highest BCUT2D eigenvalue weighted by molar-refractivity contribution is 9.10. The Labute approximate surface area is 251 Å². The van der Waals surface area contributed by atoms with Gasteiger partial charge in [-0.25, -0.2) is 13.2 Å². The molecule has 0 N–H and O–H groups in total. The summed E-state index contributed by atoms with van der Waals surface area (Å²) in [4.78, 5) is 26.3. The van der Waals surface area contributed by atoms with Crippen molar-refractivity contribution in [1.82, 2.24) is 0 Å². The Morgan fingerprint density at radius 2 is 1.33 bits per heavy atom. The predicted molar refractivity (Wildman–Crippen MR) is 133 cm³/mol. The van der Waals surface area contributed by atoms with Gasteiger partial charge in [0.05, 0.1) is 16.8 Å². The molecular formula is C27H14BrF14NO2. The van der Waals surface area contributed by atoms with Gasteiger partial charge in [0.25, 0.3) is 5.91 Å². The Bertz CT molecular complexity index is 1610. The van der Waals surface area contributed by atoms with E-state index in [0.29, 0.717) is 4.90 Å². The first-order valence-corrected chi connectivity index (χ1v) is 12.6. The van der Waals surface area contributed by atoms with Crippen LogP contribution in [0, 0.1) is 11.6 Å². The van der Waals surface area contributed by atoms with E-state index in [1.54, 1.807) is 0 Å². The van der Waals surface area contributed by atoms with Gasteiger partial charge in [-0.3, -0.25) is 9.59 Å².